The van der Waals surface area contributed by atoms with Crippen LogP contribution in [-0.2, 0) is 4.79 Å². The third-order valence-electron chi connectivity index (χ3n) is 7.63. The molecule has 0 radical (unpaired) electrons. The summed E-state index contributed by atoms with van der Waals surface area (Å²) in [6.45, 7) is 1.60. The molecule has 4 N–H and O–H groups in total. The first-order valence-electron chi connectivity index (χ1n) is 12.7. The number of hydrogen-bond donors (Lipinski definition) is 3. The summed E-state index contributed by atoms with van der Waals surface area (Å²) >= 11 is 0. The Kier molecular flexibility index (Phi) is 6.04. The number of rotatable bonds is 7. The SMILES string of the molecule is NC(=O)C1C2C=CC(C2)C1Nc1nc(Nc2cccc(C(=O)N3CCCC3)c2)ncc1-c1ccncc1. The van der Waals surface area contributed by atoms with Crippen molar-refractivity contribution in [3.8, 4) is 11.1 Å². The Bertz CT molecular complexity index is 1350. The normalized spacial score (nSPS) is 23.8. The second-order valence-electron chi connectivity index (χ2n) is 9.94. The summed E-state index contributed by atoms with van der Waals surface area (Å²) in [4.78, 5) is 40.5. The number of nitrogens with two attached hydrogens (primary N) is 1. The smallest absolute Gasteiger partial charge is 0.253 e. The van der Waals surface area contributed by atoms with E-state index in [1.165, 1.54) is 0 Å². The Hall–Kier alpha value is -4.27. The second-order valence-corrected chi connectivity index (χ2v) is 9.94. The highest BCUT2D eigenvalue weighted by Crippen LogP contribution is 2.45. The van der Waals surface area contributed by atoms with Crippen molar-refractivity contribution in [1.82, 2.24) is 19.9 Å². The van der Waals surface area contributed by atoms with Crippen LogP contribution >= 0.6 is 0 Å². The quantitative estimate of drug-likeness (QED) is 0.428. The molecule has 0 spiro atoms. The number of hydrogen-bond acceptors (Lipinski definition) is 7. The van der Waals surface area contributed by atoms with E-state index in [-0.39, 0.29) is 35.6 Å². The second kappa shape index (κ2) is 9.65. The summed E-state index contributed by atoms with van der Waals surface area (Å²) in [6, 6.07) is 11.1. The first-order valence-corrected chi connectivity index (χ1v) is 12.7. The van der Waals surface area contributed by atoms with Gasteiger partial charge in [-0.2, -0.15) is 4.98 Å². The number of amides is 2. The van der Waals surface area contributed by atoms with Crippen molar-refractivity contribution >= 4 is 29.3 Å². The summed E-state index contributed by atoms with van der Waals surface area (Å²) in [5.41, 5.74) is 8.88. The molecule has 1 aromatic carbocycles. The number of carbonyl (C=O) groups excluding carboxylic acids is 2. The molecule has 2 bridgehead atoms. The van der Waals surface area contributed by atoms with Gasteiger partial charge in [-0.25, -0.2) is 4.98 Å². The van der Waals surface area contributed by atoms with E-state index in [0.29, 0.717) is 17.3 Å². The Morgan fingerprint density at radius 1 is 1.03 bits per heavy atom. The lowest BCUT2D eigenvalue weighted by atomic mass is 9.88. The number of nitrogens with zero attached hydrogens (tertiary/aromatic N) is 4. The number of anilines is 3. The molecule has 9 nitrogen and oxygen atoms in total. The maximum Gasteiger partial charge on any atom is 0.253 e. The summed E-state index contributed by atoms with van der Waals surface area (Å²) in [5.74, 6) is 0.823. The van der Waals surface area contributed by atoms with Crippen LogP contribution in [0.3, 0.4) is 0 Å². The molecule has 2 amide bonds. The molecule has 1 saturated carbocycles. The van der Waals surface area contributed by atoms with Crippen LogP contribution in [-0.4, -0.2) is 50.8 Å². The molecule has 1 aliphatic heterocycles. The lowest BCUT2D eigenvalue weighted by Crippen LogP contribution is -2.41. The Labute approximate surface area is 215 Å². The number of aromatic nitrogens is 3. The fourth-order valence-electron chi connectivity index (χ4n) is 5.82. The molecule has 37 heavy (non-hydrogen) atoms. The average molecular weight is 496 g/mol. The van der Waals surface area contributed by atoms with Crippen LogP contribution in [0, 0.1) is 17.8 Å². The van der Waals surface area contributed by atoms with Gasteiger partial charge >= 0.3 is 0 Å². The van der Waals surface area contributed by atoms with E-state index in [0.717, 1.165) is 49.2 Å². The molecule has 4 atom stereocenters. The summed E-state index contributed by atoms with van der Waals surface area (Å²) in [7, 11) is 0. The molecule has 2 aliphatic carbocycles. The largest absolute Gasteiger partial charge is 0.369 e. The van der Waals surface area contributed by atoms with Gasteiger partial charge in [-0.1, -0.05) is 18.2 Å². The van der Waals surface area contributed by atoms with Crippen LogP contribution in [0.15, 0.2) is 67.1 Å². The minimum absolute atomic E-state index is 0.0410. The monoisotopic (exact) mass is 495 g/mol. The van der Waals surface area contributed by atoms with Crippen LogP contribution in [0.25, 0.3) is 11.1 Å². The molecule has 9 heteroatoms. The number of primary amides is 1. The number of pyridine rings is 1. The van der Waals surface area contributed by atoms with E-state index >= 15 is 0 Å². The summed E-state index contributed by atoms with van der Waals surface area (Å²) < 4.78 is 0. The number of nitrogens with one attached hydrogen (secondary N) is 2. The van der Waals surface area contributed by atoms with Gasteiger partial charge in [-0.3, -0.25) is 14.6 Å². The molecule has 3 aromatic rings. The van der Waals surface area contributed by atoms with Gasteiger partial charge in [0, 0.05) is 54.5 Å². The Morgan fingerprint density at radius 2 is 1.81 bits per heavy atom. The van der Waals surface area contributed by atoms with Crippen LogP contribution < -0.4 is 16.4 Å². The number of benzene rings is 1. The minimum Gasteiger partial charge on any atom is -0.369 e. The highest BCUT2D eigenvalue weighted by Gasteiger charge is 2.47. The first-order chi connectivity index (χ1) is 18.1. The van der Waals surface area contributed by atoms with Crippen molar-refractivity contribution in [3.63, 3.8) is 0 Å². The number of carbonyl (C=O) groups is 2. The van der Waals surface area contributed by atoms with Crippen LogP contribution in [0.1, 0.15) is 29.6 Å². The van der Waals surface area contributed by atoms with E-state index in [4.69, 9.17) is 10.7 Å². The van der Waals surface area contributed by atoms with Crippen LogP contribution in [0.2, 0.25) is 0 Å². The molecule has 2 fully saturated rings. The van der Waals surface area contributed by atoms with Gasteiger partial charge in [0.1, 0.15) is 5.82 Å². The van der Waals surface area contributed by atoms with Crippen molar-refractivity contribution in [2.45, 2.75) is 25.3 Å². The lowest BCUT2D eigenvalue weighted by molar-refractivity contribution is -0.122. The zero-order chi connectivity index (χ0) is 25.4. The van der Waals surface area contributed by atoms with Gasteiger partial charge in [-0.05, 0) is 67.0 Å². The van der Waals surface area contributed by atoms with Crippen molar-refractivity contribution < 1.29 is 9.59 Å². The highest BCUT2D eigenvalue weighted by molar-refractivity contribution is 5.95. The molecule has 188 valence electrons. The molecule has 6 rings (SSSR count). The zero-order valence-electron chi connectivity index (χ0n) is 20.4. The fraction of sp³-hybridized carbons (Fsp3) is 0.321. The van der Waals surface area contributed by atoms with Gasteiger partial charge in [-0.15, -0.1) is 0 Å². The molecular formula is C28H29N7O2. The number of fused-ring (bicyclic) bond motifs is 2. The molecule has 3 aliphatic rings. The predicted octanol–water partition coefficient (Wildman–Crippen LogP) is 3.61. The van der Waals surface area contributed by atoms with Crippen molar-refractivity contribution in [2.75, 3.05) is 23.7 Å². The molecule has 1 saturated heterocycles. The first kappa shape index (κ1) is 23.1. The average Bonchev–Trinajstić information content (AvgIpc) is 3.68. The number of allylic oxidation sites excluding steroid dienone is 1. The van der Waals surface area contributed by atoms with Gasteiger partial charge in [0.25, 0.3) is 5.91 Å². The third kappa shape index (κ3) is 4.52. The van der Waals surface area contributed by atoms with Crippen molar-refractivity contribution in [2.24, 2.45) is 23.5 Å². The maximum absolute atomic E-state index is 12.9. The van der Waals surface area contributed by atoms with E-state index in [2.05, 4.69) is 32.8 Å². The van der Waals surface area contributed by atoms with Crippen molar-refractivity contribution in [1.29, 1.82) is 0 Å². The van der Waals surface area contributed by atoms with Crippen LogP contribution in [0.4, 0.5) is 17.5 Å². The molecule has 4 unspecified atom stereocenters. The topological polar surface area (TPSA) is 126 Å². The Morgan fingerprint density at radius 3 is 2.59 bits per heavy atom. The summed E-state index contributed by atoms with van der Waals surface area (Å²) in [5, 5.41) is 6.79. The maximum atomic E-state index is 12.9. The Balaban J connectivity index is 1.30. The van der Waals surface area contributed by atoms with Crippen LogP contribution in [0.5, 0.6) is 0 Å². The third-order valence-corrected chi connectivity index (χ3v) is 7.63. The number of likely N-dealkylation sites (tertiary alicyclic amines) is 1. The van der Waals surface area contributed by atoms with Crippen molar-refractivity contribution in [3.05, 3.63) is 72.7 Å². The van der Waals surface area contributed by atoms with E-state index in [1.807, 2.05) is 41.3 Å². The lowest BCUT2D eigenvalue weighted by Gasteiger charge is -2.28. The summed E-state index contributed by atoms with van der Waals surface area (Å²) in [6.07, 6.45) is 12.5. The van der Waals surface area contributed by atoms with E-state index in [1.54, 1.807) is 18.6 Å². The molecular weight excluding hydrogens is 466 g/mol. The van der Waals surface area contributed by atoms with Gasteiger partial charge in [0.15, 0.2) is 0 Å². The molecule has 3 heterocycles. The van der Waals surface area contributed by atoms with Gasteiger partial charge in [0.05, 0.1) is 5.92 Å². The fourth-order valence-corrected chi connectivity index (χ4v) is 5.82. The van der Waals surface area contributed by atoms with E-state index in [9.17, 15) is 9.59 Å². The molecule has 2 aromatic heterocycles. The standard InChI is InChI=1S/C28H29N7O2/c29-25(36)23-18-6-7-19(14-18)24(23)33-26-22(17-8-10-30-11-9-17)16-31-28(34-26)32-21-5-3-4-20(15-21)27(37)35-12-1-2-13-35/h3-11,15-16,18-19,23-24H,1-2,12-14H2,(H2,29,36)(H2,31,32,33,34). The predicted molar refractivity (Wildman–Crippen MR) is 141 cm³/mol. The highest BCUT2D eigenvalue weighted by atomic mass is 16.2. The zero-order valence-corrected chi connectivity index (χ0v) is 20.4. The van der Waals surface area contributed by atoms with Gasteiger partial charge < -0.3 is 21.3 Å². The van der Waals surface area contributed by atoms with Gasteiger partial charge in [0.2, 0.25) is 11.9 Å². The van der Waals surface area contributed by atoms with E-state index < -0.39 is 0 Å². The minimum atomic E-state index is -0.299.